The highest BCUT2D eigenvalue weighted by Crippen LogP contribution is 2.35. The molecule has 0 aliphatic rings. The molecule has 0 atom stereocenters. The highest BCUT2D eigenvalue weighted by molar-refractivity contribution is 7.80. The van der Waals surface area contributed by atoms with Crippen molar-refractivity contribution in [1.82, 2.24) is 9.88 Å². The average molecular weight is 445 g/mol. The number of hydrogen-bond acceptors (Lipinski definition) is 4. The van der Waals surface area contributed by atoms with Gasteiger partial charge in [0.1, 0.15) is 10.7 Å². The van der Waals surface area contributed by atoms with Crippen molar-refractivity contribution in [3.8, 4) is 5.75 Å². The Bertz CT molecular complexity index is 1150. The number of halogens is 1. The first-order valence-electron chi connectivity index (χ1n) is 9.31. The third-order valence-electron chi connectivity index (χ3n) is 4.90. The lowest BCUT2D eigenvalue weighted by Crippen LogP contribution is -2.27. The number of rotatable bonds is 6. The summed E-state index contributed by atoms with van der Waals surface area (Å²) in [5.74, 6) is -1.38. The summed E-state index contributed by atoms with van der Waals surface area (Å²) in [6.45, 7) is 3.89. The van der Waals surface area contributed by atoms with Gasteiger partial charge in [-0.05, 0) is 31.5 Å². The standard InChI is InChI=1S/C22H21ClN2O4S/c1-12-3-5-14(6-4-12)22(30)25-13(2)15(10-20(27)24-8-7-21(28)29)16-9-19(26)17(23)11-18(16)25/h3-6,9,11,26H,7-8,10H2,1-2H3,(H,24,27)(H,28,29). The van der Waals surface area contributed by atoms with Gasteiger partial charge in [-0.15, -0.1) is 0 Å². The first-order valence-corrected chi connectivity index (χ1v) is 10.1. The Morgan fingerprint density at radius 2 is 1.83 bits per heavy atom. The second kappa shape index (κ2) is 8.85. The fourth-order valence-electron chi connectivity index (χ4n) is 3.33. The number of phenolic OH excluding ortho intramolecular Hbond substituents is 1. The van der Waals surface area contributed by atoms with Crippen molar-refractivity contribution in [2.75, 3.05) is 6.54 Å². The lowest BCUT2D eigenvalue weighted by atomic mass is 10.1. The summed E-state index contributed by atoms with van der Waals surface area (Å²) in [6.07, 6.45) is -0.132. The van der Waals surface area contributed by atoms with E-state index in [1.165, 1.54) is 6.07 Å². The van der Waals surface area contributed by atoms with E-state index in [1.54, 1.807) is 6.07 Å². The molecule has 3 N–H and O–H groups in total. The number of phenols is 1. The molecule has 0 fully saturated rings. The topological polar surface area (TPSA) is 91.6 Å². The van der Waals surface area contributed by atoms with Gasteiger partial charge in [-0.25, -0.2) is 0 Å². The van der Waals surface area contributed by atoms with Crippen molar-refractivity contribution in [2.24, 2.45) is 0 Å². The van der Waals surface area contributed by atoms with E-state index in [1.807, 2.05) is 42.7 Å². The number of nitrogens with one attached hydrogen (secondary N) is 1. The fraction of sp³-hybridized carbons (Fsp3) is 0.227. The number of hydrogen-bond donors (Lipinski definition) is 3. The number of carboxylic acids is 1. The molecule has 8 heteroatoms. The number of thiocarbonyl (C=S) groups is 1. The zero-order valence-corrected chi connectivity index (χ0v) is 18.1. The van der Waals surface area contributed by atoms with Crippen molar-refractivity contribution in [1.29, 1.82) is 0 Å². The predicted molar refractivity (Wildman–Crippen MR) is 121 cm³/mol. The van der Waals surface area contributed by atoms with Crippen LogP contribution in [0.15, 0.2) is 36.4 Å². The summed E-state index contributed by atoms with van der Waals surface area (Å²) in [4.78, 5) is 23.6. The Kier molecular flexibility index (Phi) is 6.43. The molecule has 3 aromatic rings. The lowest BCUT2D eigenvalue weighted by Gasteiger charge is -2.11. The van der Waals surface area contributed by atoms with Gasteiger partial charge in [0.15, 0.2) is 0 Å². The van der Waals surface area contributed by atoms with Crippen LogP contribution in [0.1, 0.15) is 28.8 Å². The summed E-state index contributed by atoms with van der Waals surface area (Å²) < 4.78 is 1.85. The molecule has 3 rings (SSSR count). The van der Waals surface area contributed by atoms with E-state index in [0.29, 0.717) is 21.5 Å². The van der Waals surface area contributed by atoms with E-state index in [9.17, 15) is 14.7 Å². The summed E-state index contributed by atoms with van der Waals surface area (Å²) in [6, 6.07) is 11.0. The molecule has 6 nitrogen and oxygen atoms in total. The number of fused-ring (bicyclic) bond motifs is 1. The highest BCUT2D eigenvalue weighted by Gasteiger charge is 2.21. The zero-order chi connectivity index (χ0) is 22.0. The molecule has 0 saturated heterocycles. The molecule has 0 aliphatic heterocycles. The monoisotopic (exact) mass is 444 g/mol. The van der Waals surface area contributed by atoms with Gasteiger partial charge in [0, 0.05) is 23.2 Å². The van der Waals surface area contributed by atoms with Crippen LogP contribution in [0.5, 0.6) is 5.75 Å². The number of aryl methyl sites for hydroxylation is 1. The van der Waals surface area contributed by atoms with Crippen LogP contribution in [0.25, 0.3) is 10.9 Å². The highest BCUT2D eigenvalue weighted by atomic mass is 35.5. The summed E-state index contributed by atoms with van der Waals surface area (Å²) in [5, 5.41) is 22.3. The van der Waals surface area contributed by atoms with Crippen LogP contribution in [0.2, 0.25) is 5.02 Å². The van der Waals surface area contributed by atoms with Crippen molar-refractivity contribution in [2.45, 2.75) is 26.7 Å². The molecule has 0 unspecified atom stereocenters. The van der Waals surface area contributed by atoms with Crippen LogP contribution in [0, 0.1) is 13.8 Å². The number of carbonyl (C=O) groups excluding carboxylic acids is 1. The molecular formula is C22H21ClN2O4S. The van der Waals surface area contributed by atoms with Gasteiger partial charge >= 0.3 is 5.97 Å². The molecule has 1 aromatic heterocycles. The van der Waals surface area contributed by atoms with Crippen LogP contribution < -0.4 is 5.32 Å². The zero-order valence-electron chi connectivity index (χ0n) is 16.5. The molecule has 0 bridgehead atoms. The van der Waals surface area contributed by atoms with Crippen molar-refractivity contribution < 1.29 is 19.8 Å². The number of aromatic hydroxyl groups is 1. The van der Waals surface area contributed by atoms with Gasteiger partial charge < -0.3 is 20.1 Å². The molecule has 1 heterocycles. The Labute approximate surface area is 184 Å². The predicted octanol–water partition coefficient (Wildman–Crippen LogP) is 3.97. The van der Waals surface area contributed by atoms with E-state index in [0.717, 1.165) is 16.8 Å². The molecule has 0 saturated carbocycles. The number of carbonyl (C=O) groups is 2. The average Bonchev–Trinajstić information content (AvgIpc) is 2.93. The first-order chi connectivity index (χ1) is 14.2. The Hall–Kier alpha value is -2.90. The van der Waals surface area contributed by atoms with Gasteiger partial charge in [0.25, 0.3) is 0 Å². The molecule has 2 aromatic carbocycles. The Morgan fingerprint density at radius 3 is 2.47 bits per heavy atom. The quantitative estimate of drug-likeness (QED) is 0.500. The number of nitrogens with zero attached hydrogens (tertiary/aromatic N) is 1. The summed E-state index contributed by atoms with van der Waals surface area (Å²) in [5.41, 5.74) is 4.10. The molecule has 30 heavy (non-hydrogen) atoms. The van der Waals surface area contributed by atoms with Crippen LogP contribution in [-0.2, 0) is 16.0 Å². The minimum Gasteiger partial charge on any atom is -0.506 e. The maximum absolute atomic E-state index is 12.4. The largest absolute Gasteiger partial charge is 0.506 e. The molecule has 0 radical (unpaired) electrons. The molecule has 0 aliphatic carbocycles. The van der Waals surface area contributed by atoms with Gasteiger partial charge in [-0.3, -0.25) is 9.59 Å². The maximum atomic E-state index is 12.4. The van der Waals surface area contributed by atoms with E-state index < -0.39 is 5.97 Å². The maximum Gasteiger partial charge on any atom is 0.305 e. The minimum atomic E-state index is -0.980. The first kappa shape index (κ1) is 21.8. The number of benzene rings is 2. The normalized spacial score (nSPS) is 10.9. The lowest BCUT2D eigenvalue weighted by molar-refractivity contribution is -0.136. The smallest absolute Gasteiger partial charge is 0.305 e. The van der Waals surface area contributed by atoms with Crippen molar-refractivity contribution >= 4 is 51.6 Å². The molecular weight excluding hydrogens is 424 g/mol. The number of aromatic nitrogens is 1. The third-order valence-corrected chi connectivity index (χ3v) is 5.62. The van der Waals surface area contributed by atoms with E-state index in [2.05, 4.69) is 5.32 Å². The van der Waals surface area contributed by atoms with Crippen molar-refractivity contribution in [3.05, 3.63) is 63.8 Å². The SMILES string of the molecule is Cc1ccc(C(=S)n2c(C)c(CC(=O)NCCC(=O)O)c3cc(O)c(Cl)cc32)cc1. The third kappa shape index (κ3) is 4.47. The van der Waals surface area contributed by atoms with Crippen LogP contribution in [0.3, 0.4) is 0 Å². The second-order valence-electron chi connectivity index (χ2n) is 7.06. The second-order valence-corrected chi connectivity index (χ2v) is 7.86. The molecule has 0 spiro atoms. The summed E-state index contributed by atoms with van der Waals surface area (Å²) >= 11 is 11.9. The number of amides is 1. The van der Waals surface area contributed by atoms with Gasteiger partial charge in [-0.2, -0.15) is 0 Å². The van der Waals surface area contributed by atoms with Gasteiger partial charge in [0.2, 0.25) is 5.91 Å². The minimum absolute atomic E-state index is 0.0204. The van der Waals surface area contributed by atoms with Gasteiger partial charge in [0.05, 0.1) is 23.4 Å². The van der Waals surface area contributed by atoms with Gasteiger partial charge in [-0.1, -0.05) is 53.6 Å². The number of carboxylic acid groups (broad SMARTS) is 1. The Balaban J connectivity index is 2.05. The van der Waals surface area contributed by atoms with Crippen molar-refractivity contribution in [3.63, 3.8) is 0 Å². The van der Waals surface area contributed by atoms with E-state index in [-0.39, 0.29) is 36.1 Å². The van der Waals surface area contributed by atoms with E-state index >= 15 is 0 Å². The van der Waals surface area contributed by atoms with Crippen LogP contribution in [0.4, 0.5) is 0 Å². The van der Waals surface area contributed by atoms with E-state index in [4.69, 9.17) is 28.9 Å². The Morgan fingerprint density at radius 1 is 1.17 bits per heavy atom. The number of aliphatic carboxylic acids is 1. The molecule has 1 amide bonds. The van der Waals surface area contributed by atoms with Crippen LogP contribution >= 0.6 is 23.8 Å². The summed E-state index contributed by atoms with van der Waals surface area (Å²) in [7, 11) is 0. The van der Waals surface area contributed by atoms with Crippen LogP contribution in [-0.4, -0.2) is 38.2 Å². The molecule has 156 valence electrons. The fourth-order valence-corrected chi connectivity index (χ4v) is 3.86.